The molecule has 0 saturated carbocycles. The summed E-state index contributed by atoms with van der Waals surface area (Å²) in [5, 5.41) is 0. The highest BCUT2D eigenvalue weighted by Crippen LogP contribution is 2.23. The predicted octanol–water partition coefficient (Wildman–Crippen LogP) is 2.98. The first-order chi connectivity index (χ1) is 8.17. The van der Waals surface area contributed by atoms with Crippen LogP contribution in [-0.4, -0.2) is 6.61 Å². The lowest BCUT2D eigenvalue weighted by Gasteiger charge is -2.16. The Morgan fingerprint density at radius 3 is 2.76 bits per heavy atom. The van der Waals surface area contributed by atoms with Gasteiger partial charge in [0.05, 0.1) is 0 Å². The van der Waals surface area contributed by atoms with Crippen molar-refractivity contribution < 1.29 is 13.5 Å². The lowest BCUT2D eigenvalue weighted by Crippen LogP contribution is -2.28. The van der Waals surface area contributed by atoms with Crippen molar-refractivity contribution in [3.63, 3.8) is 0 Å². The number of alkyl halides is 2. The van der Waals surface area contributed by atoms with Gasteiger partial charge in [-0.1, -0.05) is 31.9 Å². The van der Waals surface area contributed by atoms with Crippen LogP contribution < -0.4 is 16.0 Å². The third-order valence-electron chi connectivity index (χ3n) is 2.53. The van der Waals surface area contributed by atoms with E-state index in [4.69, 9.17) is 5.84 Å². The van der Waals surface area contributed by atoms with Gasteiger partial charge in [-0.05, 0) is 24.1 Å². The van der Waals surface area contributed by atoms with Gasteiger partial charge in [0.1, 0.15) is 5.75 Å². The highest BCUT2D eigenvalue weighted by Gasteiger charge is 2.11. The highest BCUT2D eigenvalue weighted by atomic mass is 19.3. The summed E-state index contributed by atoms with van der Waals surface area (Å²) in [6.07, 6.45) is 2.95. The van der Waals surface area contributed by atoms with E-state index in [1.54, 1.807) is 12.1 Å². The molecule has 0 spiro atoms. The van der Waals surface area contributed by atoms with Crippen molar-refractivity contribution in [3.05, 3.63) is 29.8 Å². The molecule has 0 aliphatic carbocycles. The molecule has 0 aromatic heterocycles. The van der Waals surface area contributed by atoms with Crippen molar-refractivity contribution in [2.75, 3.05) is 0 Å². The number of hydrogen-bond donors (Lipinski definition) is 2. The topological polar surface area (TPSA) is 47.3 Å². The van der Waals surface area contributed by atoms with E-state index in [-0.39, 0.29) is 11.8 Å². The molecule has 3 N–H and O–H groups in total. The summed E-state index contributed by atoms with van der Waals surface area (Å²) in [5.41, 5.74) is 3.55. The lowest BCUT2D eigenvalue weighted by atomic mass is 10.0. The molecule has 0 amide bonds. The van der Waals surface area contributed by atoms with Crippen LogP contribution in [0, 0.1) is 0 Å². The number of nitrogens with two attached hydrogens (primary N) is 1. The van der Waals surface area contributed by atoms with Crippen LogP contribution in [0.15, 0.2) is 24.3 Å². The predicted molar refractivity (Wildman–Crippen MR) is 62.7 cm³/mol. The molecule has 0 bridgehead atoms. The van der Waals surface area contributed by atoms with Gasteiger partial charge < -0.3 is 4.74 Å². The minimum Gasteiger partial charge on any atom is -0.435 e. The first-order valence-electron chi connectivity index (χ1n) is 5.68. The molecule has 0 radical (unpaired) electrons. The van der Waals surface area contributed by atoms with E-state index in [1.807, 2.05) is 6.07 Å². The highest BCUT2D eigenvalue weighted by molar-refractivity contribution is 5.30. The number of halogens is 2. The smallest absolute Gasteiger partial charge is 0.387 e. The SMILES string of the molecule is CCCCC(NN)c1cccc(OC(F)F)c1. The van der Waals surface area contributed by atoms with Crippen LogP contribution in [0.2, 0.25) is 0 Å². The number of unbranched alkanes of at least 4 members (excludes halogenated alkanes) is 1. The minimum atomic E-state index is -2.80. The average Bonchev–Trinajstić information content (AvgIpc) is 2.30. The Balaban J connectivity index is 2.73. The Hall–Kier alpha value is -1.20. The van der Waals surface area contributed by atoms with Gasteiger partial charge in [0, 0.05) is 6.04 Å². The maximum Gasteiger partial charge on any atom is 0.387 e. The van der Waals surface area contributed by atoms with E-state index in [2.05, 4.69) is 17.1 Å². The van der Waals surface area contributed by atoms with Crippen LogP contribution in [0.4, 0.5) is 8.78 Å². The number of nitrogens with one attached hydrogen (secondary N) is 1. The van der Waals surface area contributed by atoms with Gasteiger partial charge in [-0.15, -0.1) is 0 Å². The van der Waals surface area contributed by atoms with Gasteiger partial charge in [0.25, 0.3) is 0 Å². The summed E-state index contributed by atoms with van der Waals surface area (Å²) in [7, 11) is 0. The molecule has 1 aromatic rings. The van der Waals surface area contributed by atoms with Crippen molar-refractivity contribution in [2.24, 2.45) is 5.84 Å². The van der Waals surface area contributed by atoms with Crippen LogP contribution in [0.5, 0.6) is 5.75 Å². The largest absolute Gasteiger partial charge is 0.435 e. The van der Waals surface area contributed by atoms with Crippen LogP contribution in [0.1, 0.15) is 37.8 Å². The fourth-order valence-electron chi connectivity index (χ4n) is 1.66. The van der Waals surface area contributed by atoms with Crippen molar-refractivity contribution in [2.45, 2.75) is 38.8 Å². The Bertz CT molecular complexity index is 334. The second-order valence-corrected chi connectivity index (χ2v) is 3.81. The van der Waals surface area contributed by atoms with Gasteiger partial charge in [-0.3, -0.25) is 11.3 Å². The molecular formula is C12H18F2N2O. The van der Waals surface area contributed by atoms with Gasteiger partial charge in [-0.2, -0.15) is 8.78 Å². The van der Waals surface area contributed by atoms with E-state index >= 15 is 0 Å². The number of benzene rings is 1. The summed E-state index contributed by atoms with van der Waals surface area (Å²) in [6.45, 7) is -0.714. The molecular weight excluding hydrogens is 226 g/mol. The lowest BCUT2D eigenvalue weighted by molar-refractivity contribution is -0.0499. The molecule has 1 atom stereocenters. The van der Waals surface area contributed by atoms with Crippen molar-refractivity contribution in [1.29, 1.82) is 0 Å². The van der Waals surface area contributed by atoms with E-state index in [0.29, 0.717) is 0 Å². The summed E-state index contributed by atoms with van der Waals surface area (Å²) < 4.78 is 28.5. The van der Waals surface area contributed by atoms with Crippen molar-refractivity contribution in [3.8, 4) is 5.75 Å². The number of ether oxygens (including phenoxy) is 1. The first kappa shape index (κ1) is 13.9. The summed E-state index contributed by atoms with van der Waals surface area (Å²) in [4.78, 5) is 0. The Morgan fingerprint density at radius 2 is 2.18 bits per heavy atom. The van der Waals surface area contributed by atoms with Gasteiger partial charge in [0.2, 0.25) is 0 Å². The van der Waals surface area contributed by atoms with Crippen molar-refractivity contribution in [1.82, 2.24) is 5.43 Å². The van der Waals surface area contributed by atoms with Crippen LogP contribution in [-0.2, 0) is 0 Å². The van der Waals surface area contributed by atoms with Crippen LogP contribution >= 0.6 is 0 Å². The maximum absolute atomic E-state index is 12.1. The molecule has 0 fully saturated rings. The zero-order chi connectivity index (χ0) is 12.7. The number of hydrogen-bond acceptors (Lipinski definition) is 3. The molecule has 1 unspecified atom stereocenters. The van der Waals surface area contributed by atoms with Gasteiger partial charge in [-0.25, -0.2) is 0 Å². The molecule has 96 valence electrons. The first-order valence-corrected chi connectivity index (χ1v) is 5.68. The molecule has 0 saturated heterocycles. The molecule has 0 heterocycles. The van der Waals surface area contributed by atoms with E-state index < -0.39 is 6.61 Å². The fourth-order valence-corrected chi connectivity index (χ4v) is 1.66. The molecule has 1 rings (SSSR count). The van der Waals surface area contributed by atoms with Gasteiger partial charge >= 0.3 is 6.61 Å². The van der Waals surface area contributed by atoms with Crippen LogP contribution in [0.25, 0.3) is 0 Å². The number of hydrazine groups is 1. The second-order valence-electron chi connectivity index (χ2n) is 3.81. The zero-order valence-electron chi connectivity index (χ0n) is 9.83. The summed E-state index contributed by atoms with van der Waals surface area (Å²) in [5.74, 6) is 5.62. The quantitative estimate of drug-likeness (QED) is 0.572. The molecule has 5 heteroatoms. The monoisotopic (exact) mass is 244 g/mol. The maximum atomic E-state index is 12.1. The Labute approximate surface area is 99.9 Å². The van der Waals surface area contributed by atoms with Crippen molar-refractivity contribution >= 4 is 0 Å². The number of rotatable bonds is 7. The molecule has 0 aliphatic rings. The van der Waals surface area contributed by atoms with Crippen LogP contribution in [0.3, 0.4) is 0 Å². The Kier molecular flexibility index (Phi) is 5.86. The van der Waals surface area contributed by atoms with E-state index in [1.165, 1.54) is 6.07 Å². The molecule has 17 heavy (non-hydrogen) atoms. The molecule has 3 nitrogen and oxygen atoms in total. The third-order valence-corrected chi connectivity index (χ3v) is 2.53. The normalized spacial score (nSPS) is 12.8. The fraction of sp³-hybridized carbons (Fsp3) is 0.500. The Morgan fingerprint density at radius 1 is 1.41 bits per heavy atom. The van der Waals surface area contributed by atoms with E-state index in [9.17, 15) is 8.78 Å². The zero-order valence-corrected chi connectivity index (χ0v) is 9.83. The summed E-state index contributed by atoms with van der Waals surface area (Å²) in [6, 6.07) is 6.59. The second kappa shape index (κ2) is 7.19. The molecule has 1 aromatic carbocycles. The van der Waals surface area contributed by atoms with E-state index in [0.717, 1.165) is 24.8 Å². The standard InChI is InChI=1S/C12H18F2N2O/c1-2-3-7-11(16-15)9-5-4-6-10(8-9)17-12(13)14/h4-6,8,11-12,16H,2-3,7,15H2,1H3. The third kappa shape index (κ3) is 4.66. The average molecular weight is 244 g/mol. The summed E-state index contributed by atoms with van der Waals surface area (Å²) >= 11 is 0. The van der Waals surface area contributed by atoms with Gasteiger partial charge in [0.15, 0.2) is 0 Å². The minimum absolute atomic E-state index is 0.0313. The molecule has 0 aliphatic heterocycles.